The van der Waals surface area contributed by atoms with Crippen molar-refractivity contribution in [3.8, 4) is 5.75 Å². The highest BCUT2D eigenvalue weighted by Gasteiger charge is 2.22. The van der Waals surface area contributed by atoms with Gasteiger partial charge in [-0.1, -0.05) is 26.0 Å². The van der Waals surface area contributed by atoms with Gasteiger partial charge in [0.25, 0.3) is 0 Å². The molecule has 0 aliphatic carbocycles. The number of para-hydroxylation sites is 2. The van der Waals surface area contributed by atoms with E-state index in [0.29, 0.717) is 18.8 Å². The monoisotopic (exact) mass is 408 g/mol. The minimum Gasteiger partial charge on any atom is -0.424 e. The van der Waals surface area contributed by atoms with Gasteiger partial charge in [-0.3, -0.25) is 9.20 Å². The summed E-state index contributed by atoms with van der Waals surface area (Å²) < 4.78 is 15.2. The van der Waals surface area contributed by atoms with Crippen molar-refractivity contribution in [3.05, 3.63) is 36.3 Å². The van der Waals surface area contributed by atoms with Gasteiger partial charge in [0.2, 0.25) is 0 Å². The first kappa shape index (κ1) is 20.3. The van der Waals surface area contributed by atoms with Crippen LogP contribution in [-0.2, 0) is 22.5 Å². The van der Waals surface area contributed by atoms with Gasteiger partial charge in [0.15, 0.2) is 11.4 Å². The summed E-state index contributed by atoms with van der Waals surface area (Å²) in [5.41, 5.74) is 3.51. The third-order valence-corrected chi connectivity index (χ3v) is 5.19. The van der Waals surface area contributed by atoms with Crippen molar-refractivity contribution in [2.45, 2.75) is 52.5 Å². The summed E-state index contributed by atoms with van der Waals surface area (Å²) in [7, 11) is 1.70. The number of carbonyl (C=O) groups excluding carboxylic acids is 1. The van der Waals surface area contributed by atoms with Crippen LogP contribution >= 0.6 is 0 Å². The summed E-state index contributed by atoms with van der Waals surface area (Å²) in [6, 6.07) is 8.05. The number of aromatic nitrogens is 4. The number of imidazole rings is 1. The number of fused-ring (bicyclic) bond motifs is 5. The van der Waals surface area contributed by atoms with Gasteiger partial charge >= 0.3 is 5.97 Å². The van der Waals surface area contributed by atoms with Crippen molar-refractivity contribution in [2.24, 2.45) is 0 Å². The lowest BCUT2D eigenvalue weighted by Gasteiger charge is -2.09. The molecule has 0 radical (unpaired) electrons. The second-order valence-electron chi connectivity index (χ2n) is 7.49. The Morgan fingerprint density at radius 1 is 1.10 bits per heavy atom. The van der Waals surface area contributed by atoms with E-state index in [4.69, 9.17) is 19.4 Å². The number of ether oxygens (including phenoxy) is 2. The Hall–Kier alpha value is -2.93. The van der Waals surface area contributed by atoms with Crippen LogP contribution in [0.15, 0.2) is 30.5 Å². The molecule has 30 heavy (non-hydrogen) atoms. The average molecular weight is 409 g/mol. The van der Waals surface area contributed by atoms with Crippen LogP contribution in [0.2, 0.25) is 0 Å². The SMILES string of the molecule is CCCC(=O)Oc1cn(CCCOC)c2nc(CCC)n3c4ccccc4nc3c12. The standard InChI is InChI=1S/C23H28N4O3/c1-4-9-19-25-22-21(23-24-16-11-6-7-12-17(16)27(19)23)18(30-20(28)10-5-2)15-26(22)13-8-14-29-3/h6-7,11-12,15H,4-5,8-10,13-14H2,1-3H3. The fourth-order valence-corrected chi connectivity index (χ4v) is 3.87. The molecular weight excluding hydrogens is 380 g/mol. The predicted molar refractivity (Wildman–Crippen MR) is 117 cm³/mol. The van der Waals surface area contributed by atoms with Gasteiger partial charge in [-0.05, 0) is 31.4 Å². The number of methoxy groups -OCH3 is 1. The topological polar surface area (TPSA) is 70.7 Å². The molecule has 3 aromatic heterocycles. The summed E-state index contributed by atoms with van der Waals surface area (Å²) in [6.07, 6.45) is 5.66. The molecule has 0 fully saturated rings. The summed E-state index contributed by atoms with van der Waals surface area (Å²) in [6.45, 7) is 5.49. The molecule has 0 aliphatic rings. The Labute approximate surface area is 175 Å². The van der Waals surface area contributed by atoms with E-state index >= 15 is 0 Å². The molecule has 0 N–H and O–H groups in total. The molecule has 0 amide bonds. The molecule has 0 spiro atoms. The average Bonchev–Trinajstić information content (AvgIpc) is 3.27. The Balaban J connectivity index is 1.98. The maximum absolute atomic E-state index is 12.3. The first-order chi connectivity index (χ1) is 14.7. The number of hydrogen-bond donors (Lipinski definition) is 0. The largest absolute Gasteiger partial charge is 0.424 e. The summed E-state index contributed by atoms with van der Waals surface area (Å²) in [4.78, 5) is 22.2. The minimum atomic E-state index is -0.236. The zero-order valence-electron chi connectivity index (χ0n) is 17.9. The lowest BCUT2D eigenvalue weighted by atomic mass is 10.2. The van der Waals surface area contributed by atoms with Gasteiger partial charge in [0.1, 0.15) is 16.9 Å². The molecule has 0 unspecified atom stereocenters. The molecule has 4 rings (SSSR count). The summed E-state index contributed by atoms with van der Waals surface area (Å²) >= 11 is 0. The van der Waals surface area contributed by atoms with Crippen molar-refractivity contribution in [1.29, 1.82) is 0 Å². The van der Waals surface area contributed by atoms with E-state index < -0.39 is 0 Å². The van der Waals surface area contributed by atoms with Gasteiger partial charge in [0.05, 0.1) is 11.0 Å². The van der Waals surface area contributed by atoms with Crippen LogP contribution in [0.4, 0.5) is 0 Å². The van der Waals surface area contributed by atoms with Crippen LogP contribution < -0.4 is 4.74 Å². The van der Waals surface area contributed by atoms with Gasteiger partial charge in [-0.25, -0.2) is 9.97 Å². The number of benzene rings is 1. The lowest BCUT2D eigenvalue weighted by Crippen LogP contribution is -2.07. The third-order valence-electron chi connectivity index (χ3n) is 5.19. The molecule has 158 valence electrons. The van der Waals surface area contributed by atoms with E-state index in [1.54, 1.807) is 7.11 Å². The van der Waals surface area contributed by atoms with E-state index in [1.807, 2.05) is 31.3 Å². The Kier molecular flexibility index (Phi) is 5.99. The number of rotatable bonds is 9. The Morgan fingerprint density at radius 2 is 1.93 bits per heavy atom. The van der Waals surface area contributed by atoms with Crippen molar-refractivity contribution in [3.63, 3.8) is 0 Å². The van der Waals surface area contributed by atoms with Crippen LogP contribution in [0.1, 0.15) is 45.4 Å². The van der Waals surface area contributed by atoms with Crippen molar-refractivity contribution in [1.82, 2.24) is 18.9 Å². The first-order valence-electron chi connectivity index (χ1n) is 10.7. The molecule has 0 aliphatic heterocycles. The number of hydrogen-bond acceptors (Lipinski definition) is 5. The fourth-order valence-electron chi connectivity index (χ4n) is 3.87. The minimum absolute atomic E-state index is 0.236. The first-order valence-corrected chi connectivity index (χ1v) is 10.7. The second-order valence-corrected chi connectivity index (χ2v) is 7.49. The third kappa shape index (κ3) is 3.65. The molecule has 0 atom stereocenters. The molecule has 7 nitrogen and oxygen atoms in total. The number of nitrogens with zero attached hydrogens (tertiary/aromatic N) is 4. The number of carbonyl (C=O) groups is 1. The van der Waals surface area contributed by atoms with Crippen LogP contribution in [-0.4, -0.2) is 38.6 Å². The lowest BCUT2D eigenvalue weighted by molar-refractivity contribution is -0.134. The highest BCUT2D eigenvalue weighted by Crippen LogP contribution is 2.34. The molecule has 3 heterocycles. The van der Waals surface area contributed by atoms with Gasteiger partial charge in [0, 0.05) is 39.3 Å². The molecule has 0 bridgehead atoms. The van der Waals surface area contributed by atoms with E-state index in [-0.39, 0.29) is 5.97 Å². The molecule has 1 aromatic carbocycles. The molecule has 0 saturated carbocycles. The second kappa shape index (κ2) is 8.83. The zero-order chi connectivity index (χ0) is 21.1. The summed E-state index contributed by atoms with van der Waals surface area (Å²) in [5.74, 6) is 1.25. The van der Waals surface area contributed by atoms with Crippen LogP contribution in [0.25, 0.3) is 27.7 Å². The van der Waals surface area contributed by atoms with Gasteiger partial charge in [-0.15, -0.1) is 0 Å². The zero-order valence-corrected chi connectivity index (χ0v) is 17.9. The van der Waals surface area contributed by atoms with Crippen LogP contribution in [0, 0.1) is 0 Å². The van der Waals surface area contributed by atoms with Gasteiger partial charge in [-0.2, -0.15) is 0 Å². The molecular formula is C23H28N4O3. The van der Waals surface area contributed by atoms with Gasteiger partial charge < -0.3 is 14.0 Å². The maximum Gasteiger partial charge on any atom is 0.311 e. The normalized spacial score (nSPS) is 11.7. The number of esters is 1. The smallest absolute Gasteiger partial charge is 0.311 e. The highest BCUT2D eigenvalue weighted by molar-refractivity contribution is 6.00. The molecule has 4 aromatic rings. The molecule has 0 saturated heterocycles. The van der Waals surface area contributed by atoms with Crippen LogP contribution in [0.5, 0.6) is 5.75 Å². The Morgan fingerprint density at radius 3 is 2.70 bits per heavy atom. The fraction of sp³-hybridized carbons (Fsp3) is 0.435. The van der Waals surface area contributed by atoms with Crippen molar-refractivity contribution < 1.29 is 14.3 Å². The highest BCUT2D eigenvalue weighted by atomic mass is 16.5. The Bertz CT molecular complexity index is 1190. The molecule has 7 heteroatoms. The van der Waals surface area contributed by atoms with Crippen molar-refractivity contribution >= 4 is 33.7 Å². The van der Waals surface area contributed by atoms with E-state index in [0.717, 1.165) is 65.8 Å². The summed E-state index contributed by atoms with van der Waals surface area (Å²) in [5, 5.41) is 0.785. The van der Waals surface area contributed by atoms with E-state index in [1.165, 1.54) is 0 Å². The van der Waals surface area contributed by atoms with Crippen molar-refractivity contribution in [2.75, 3.05) is 13.7 Å². The number of aryl methyl sites for hydroxylation is 2. The quantitative estimate of drug-likeness (QED) is 0.301. The predicted octanol–water partition coefficient (Wildman–Crippen LogP) is 4.53. The van der Waals surface area contributed by atoms with Crippen LogP contribution in [0.3, 0.4) is 0 Å². The van der Waals surface area contributed by atoms with E-state index in [9.17, 15) is 4.79 Å². The van der Waals surface area contributed by atoms with E-state index in [2.05, 4.69) is 22.0 Å². The maximum atomic E-state index is 12.3.